The summed E-state index contributed by atoms with van der Waals surface area (Å²) in [6.07, 6.45) is 5.08. The van der Waals surface area contributed by atoms with Gasteiger partial charge in [-0.15, -0.1) is 0 Å². The minimum atomic E-state index is -0.616. The van der Waals surface area contributed by atoms with Crippen molar-refractivity contribution in [2.45, 2.75) is 56.8 Å². The highest BCUT2D eigenvalue weighted by Gasteiger charge is 2.46. The van der Waals surface area contributed by atoms with Crippen LogP contribution in [0.15, 0.2) is 30.5 Å². The maximum atomic E-state index is 13.7. The number of pyridine rings is 1. The summed E-state index contributed by atoms with van der Waals surface area (Å²) >= 11 is 0. The quantitative estimate of drug-likeness (QED) is 0.767. The highest BCUT2D eigenvalue weighted by atomic mass is 19.1. The summed E-state index contributed by atoms with van der Waals surface area (Å²) in [5.74, 6) is -0.0521. The molecule has 2 saturated heterocycles. The molecule has 6 nitrogen and oxygen atoms in total. The monoisotopic (exact) mass is 388 g/mol. The fourth-order valence-electron chi connectivity index (χ4n) is 4.67. The first-order valence-corrected chi connectivity index (χ1v) is 9.86. The second kappa shape index (κ2) is 8.01. The van der Waals surface area contributed by atoms with E-state index in [1.807, 2.05) is 0 Å². The van der Waals surface area contributed by atoms with E-state index in [2.05, 4.69) is 9.88 Å². The predicted molar refractivity (Wildman–Crippen MR) is 102 cm³/mol. The molecule has 0 radical (unpaired) electrons. The van der Waals surface area contributed by atoms with Gasteiger partial charge in [0.05, 0.1) is 18.7 Å². The van der Waals surface area contributed by atoms with Crippen molar-refractivity contribution < 1.29 is 23.8 Å². The van der Waals surface area contributed by atoms with E-state index in [-0.39, 0.29) is 36.6 Å². The number of fused-ring (bicyclic) bond motifs is 3. The average Bonchev–Trinajstić information content (AvgIpc) is 2.93. The highest BCUT2D eigenvalue weighted by Crippen LogP contribution is 2.39. The SMILES string of the molecule is CCOC(=O)C(CO)N1C2CCC1CC(Oc1ccnc3ccc(F)cc13)C2. The van der Waals surface area contributed by atoms with Gasteiger partial charge in [-0.05, 0) is 56.9 Å². The highest BCUT2D eigenvalue weighted by molar-refractivity contribution is 5.84. The Hall–Kier alpha value is -2.25. The predicted octanol–water partition coefficient (Wildman–Crippen LogP) is 2.67. The fraction of sp³-hybridized carbons (Fsp3) is 0.524. The number of piperidine rings is 1. The van der Waals surface area contributed by atoms with E-state index in [1.54, 1.807) is 25.3 Å². The van der Waals surface area contributed by atoms with Gasteiger partial charge in [-0.25, -0.2) is 4.39 Å². The van der Waals surface area contributed by atoms with E-state index >= 15 is 0 Å². The molecule has 7 heteroatoms. The van der Waals surface area contributed by atoms with Crippen LogP contribution in [0.5, 0.6) is 5.75 Å². The largest absolute Gasteiger partial charge is 0.490 e. The Morgan fingerprint density at radius 1 is 1.32 bits per heavy atom. The zero-order chi connectivity index (χ0) is 19.7. The van der Waals surface area contributed by atoms with Gasteiger partial charge in [-0.2, -0.15) is 0 Å². The number of esters is 1. The Balaban J connectivity index is 1.51. The lowest BCUT2D eigenvalue weighted by molar-refractivity contribution is -0.154. The van der Waals surface area contributed by atoms with Crippen molar-refractivity contribution in [2.75, 3.05) is 13.2 Å². The molecule has 0 amide bonds. The number of aromatic nitrogens is 1. The van der Waals surface area contributed by atoms with Crippen LogP contribution in [-0.4, -0.2) is 58.4 Å². The molecule has 0 aliphatic carbocycles. The number of rotatable bonds is 6. The lowest BCUT2D eigenvalue weighted by Crippen LogP contribution is -2.55. The van der Waals surface area contributed by atoms with E-state index < -0.39 is 6.04 Å². The Morgan fingerprint density at radius 3 is 2.75 bits per heavy atom. The van der Waals surface area contributed by atoms with Crippen LogP contribution in [0.3, 0.4) is 0 Å². The van der Waals surface area contributed by atoms with Crippen molar-refractivity contribution in [3.8, 4) is 5.75 Å². The van der Waals surface area contributed by atoms with Crippen molar-refractivity contribution in [2.24, 2.45) is 0 Å². The molecular weight excluding hydrogens is 363 g/mol. The molecule has 3 unspecified atom stereocenters. The molecule has 1 N–H and O–H groups in total. The third kappa shape index (κ3) is 3.56. The zero-order valence-electron chi connectivity index (χ0n) is 15.9. The van der Waals surface area contributed by atoms with Crippen molar-refractivity contribution >= 4 is 16.9 Å². The molecule has 0 saturated carbocycles. The van der Waals surface area contributed by atoms with Gasteiger partial charge in [0, 0.05) is 23.7 Å². The number of aliphatic hydroxyl groups excluding tert-OH is 1. The first kappa shape index (κ1) is 19.1. The van der Waals surface area contributed by atoms with Crippen molar-refractivity contribution in [1.29, 1.82) is 0 Å². The standard InChI is InChI=1S/C21H25FN2O4/c1-2-27-21(26)19(12-25)24-14-4-5-15(24)11-16(10-14)28-20-7-8-23-18-6-3-13(22)9-17(18)20/h3,6-9,14-16,19,25H,2,4-5,10-12H2,1H3. The maximum Gasteiger partial charge on any atom is 0.325 e. The lowest BCUT2D eigenvalue weighted by atomic mass is 9.97. The molecule has 1 aromatic carbocycles. The first-order valence-electron chi connectivity index (χ1n) is 9.86. The maximum absolute atomic E-state index is 13.7. The van der Waals surface area contributed by atoms with Crippen LogP contribution in [0.2, 0.25) is 0 Å². The molecule has 2 bridgehead atoms. The third-order valence-electron chi connectivity index (χ3n) is 5.80. The van der Waals surface area contributed by atoms with Gasteiger partial charge in [-0.1, -0.05) is 0 Å². The molecule has 28 heavy (non-hydrogen) atoms. The third-order valence-corrected chi connectivity index (χ3v) is 5.80. The number of hydrogen-bond donors (Lipinski definition) is 1. The second-order valence-corrected chi connectivity index (χ2v) is 7.46. The van der Waals surface area contributed by atoms with E-state index in [1.165, 1.54) is 12.1 Å². The molecule has 1 aromatic heterocycles. The number of nitrogens with zero attached hydrogens (tertiary/aromatic N) is 2. The van der Waals surface area contributed by atoms with Gasteiger partial charge in [0.1, 0.15) is 23.7 Å². The topological polar surface area (TPSA) is 71.9 Å². The molecule has 0 spiro atoms. The second-order valence-electron chi connectivity index (χ2n) is 7.46. The number of benzene rings is 1. The smallest absolute Gasteiger partial charge is 0.325 e. The Bertz CT molecular complexity index is 847. The van der Waals surface area contributed by atoms with E-state index in [9.17, 15) is 14.3 Å². The van der Waals surface area contributed by atoms with E-state index in [0.29, 0.717) is 23.3 Å². The summed E-state index contributed by atoms with van der Waals surface area (Å²) < 4.78 is 25.1. The van der Waals surface area contributed by atoms with Crippen molar-refractivity contribution in [3.05, 3.63) is 36.3 Å². The van der Waals surface area contributed by atoms with Gasteiger partial charge >= 0.3 is 5.97 Å². The summed E-state index contributed by atoms with van der Waals surface area (Å²) in [7, 11) is 0. The Kier molecular flexibility index (Phi) is 5.46. The summed E-state index contributed by atoms with van der Waals surface area (Å²) in [6, 6.07) is 5.96. The number of ether oxygens (including phenoxy) is 2. The van der Waals surface area contributed by atoms with Gasteiger partial charge < -0.3 is 14.6 Å². The van der Waals surface area contributed by atoms with Crippen LogP contribution in [-0.2, 0) is 9.53 Å². The van der Waals surface area contributed by atoms with Crippen molar-refractivity contribution in [3.63, 3.8) is 0 Å². The summed E-state index contributed by atoms with van der Waals surface area (Å²) in [5, 5.41) is 10.4. The van der Waals surface area contributed by atoms with E-state index in [0.717, 1.165) is 25.7 Å². The minimum Gasteiger partial charge on any atom is -0.490 e. The number of hydrogen-bond acceptors (Lipinski definition) is 6. The van der Waals surface area contributed by atoms with Crippen LogP contribution >= 0.6 is 0 Å². The number of aliphatic hydroxyl groups is 1. The fourth-order valence-corrected chi connectivity index (χ4v) is 4.67. The summed E-state index contributed by atoms with van der Waals surface area (Å²) in [4.78, 5) is 18.6. The summed E-state index contributed by atoms with van der Waals surface area (Å²) in [6.45, 7) is 1.82. The minimum absolute atomic E-state index is 0.0239. The van der Waals surface area contributed by atoms with Gasteiger partial charge in [0.2, 0.25) is 0 Å². The Morgan fingerprint density at radius 2 is 2.07 bits per heavy atom. The molecule has 150 valence electrons. The van der Waals surface area contributed by atoms with Crippen LogP contribution in [0.25, 0.3) is 10.9 Å². The van der Waals surface area contributed by atoms with E-state index in [4.69, 9.17) is 9.47 Å². The number of halogens is 1. The molecule has 2 aromatic rings. The molecule has 3 atom stereocenters. The molecule has 3 heterocycles. The summed E-state index contributed by atoms with van der Waals surface area (Å²) in [5.41, 5.74) is 0.696. The molecule has 2 aliphatic rings. The van der Waals surface area contributed by atoms with Gasteiger partial charge in [-0.3, -0.25) is 14.7 Å². The molecule has 4 rings (SSSR count). The Labute approximate surface area is 163 Å². The lowest BCUT2D eigenvalue weighted by Gasteiger charge is -2.41. The average molecular weight is 388 g/mol. The van der Waals surface area contributed by atoms with Crippen LogP contribution in [0.4, 0.5) is 4.39 Å². The van der Waals surface area contributed by atoms with Crippen LogP contribution in [0, 0.1) is 5.82 Å². The first-order chi connectivity index (χ1) is 13.6. The molecular formula is C21H25FN2O4. The van der Waals surface area contributed by atoms with Gasteiger partial charge in [0.15, 0.2) is 0 Å². The van der Waals surface area contributed by atoms with Crippen LogP contribution in [0.1, 0.15) is 32.6 Å². The van der Waals surface area contributed by atoms with Crippen LogP contribution < -0.4 is 4.74 Å². The number of carbonyl (C=O) groups is 1. The molecule has 2 fully saturated rings. The van der Waals surface area contributed by atoms with Gasteiger partial charge in [0.25, 0.3) is 0 Å². The normalized spacial score (nSPS) is 25.6. The number of carbonyl (C=O) groups excluding carboxylic acids is 1. The zero-order valence-corrected chi connectivity index (χ0v) is 15.9. The molecule has 2 aliphatic heterocycles. The van der Waals surface area contributed by atoms with Crippen molar-refractivity contribution in [1.82, 2.24) is 9.88 Å².